The molecule has 2 spiro atoms. The molecule has 10 heteroatoms. The minimum atomic E-state index is -0.586. The molecule has 3 unspecified atom stereocenters. The van der Waals surface area contributed by atoms with Crippen molar-refractivity contribution in [3.8, 4) is 45.6 Å². The van der Waals surface area contributed by atoms with Crippen molar-refractivity contribution in [3.05, 3.63) is 117 Å². The van der Waals surface area contributed by atoms with Crippen LogP contribution in [0, 0.1) is 0 Å². The van der Waals surface area contributed by atoms with E-state index in [2.05, 4.69) is 147 Å². The summed E-state index contributed by atoms with van der Waals surface area (Å²) in [6.07, 6.45) is 0. The number of fused-ring (bicyclic) bond motifs is 20. The summed E-state index contributed by atoms with van der Waals surface area (Å²) in [5.74, 6) is 2.33. The number of benzene rings is 21. The molecule has 32 aromatic carbocycles. The van der Waals surface area contributed by atoms with Crippen LogP contribution in [0.2, 0.25) is 0 Å². The van der Waals surface area contributed by atoms with Gasteiger partial charge in [-0.2, -0.15) is 0 Å². The van der Waals surface area contributed by atoms with Gasteiger partial charge in [0.05, 0.1) is 34.1 Å². The second-order valence-electron chi connectivity index (χ2n) is 42.1. The van der Waals surface area contributed by atoms with Crippen LogP contribution in [0.4, 0.5) is 0 Å². The standard InChI is InChI=1S/C107H45N9.Cu/c1-103(2,3)25-15-18-28-32(21-25)101-111-96(28)109-99-31-20-24(14-17-27(31)95(108-99)110-100-33-22-26(104(4,5)6)16-19-29(33)97(112-100)114-102-35-30(98(113-101)115-102)12-11-13-34(35)105(7,8)9)94-107-92-85-77-65-57-48-39-37-36-38-42(39)51-58-56-47(38)49-45-40(36)43-44-41(37)46-50(48)63(65)71-69-55(46)53(44)61-60-52(43)54(45)68-70-62(49)64(56)76-78-66(58)67(59(51)57)79(77)88(92)87(78)90-83(76)81(70)84-74(68)72(60)80-73(61)75(69)86(82(71)85)93(107)89(80)91(84)106(90,107)23-116(94)10;/h11-22,94H,23H2,1-10H3;/q-2;+2. The molecular formula is C107H45CuN9. The first-order chi connectivity index (χ1) is 56.5. The molecule has 9 nitrogen and oxygen atoms in total. The van der Waals surface area contributed by atoms with Crippen molar-refractivity contribution in [2.75, 3.05) is 13.6 Å². The number of hydrogen-bond donors (Lipinski definition) is 0. The van der Waals surface area contributed by atoms with Gasteiger partial charge in [-0.3, -0.25) is 4.90 Å². The van der Waals surface area contributed by atoms with Crippen molar-refractivity contribution in [2.45, 2.75) is 95.4 Å². The van der Waals surface area contributed by atoms with E-state index in [1.54, 1.807) is 313 Å². The molecule has 6 heterocycles. The van der Waals surface area contributed by atoms with E-state index in [4.69, 9.17) is 39.9 Å². The first-order valence-corrected chi connectivity index (χ1v) is 42.2. The zero-order valence-electron chi connectivity index (χ0n) is 64.0. The molecule has 1 fully saturated rings. The van der Waals surface area contributed by atoms with Crippen LogP contribution in [0.3, 0.4) is 0 Å². The summed E-state index contributed by atoms with van der Waals surface area (Å²) < 4.78 is 0. The molecule has 3 atom stereocenters. The Bertz CT molecular complexity index is 11100. The number of nitrogens with zero attached hydrogens (tertiary/aromatic N) is 9. The average molecular weight is 1520 g/mol. The average Bonchev–Trinajstić information content (AvgIpc) is 1.38. The predicted molar refractivity (Wildman–Crippen MR) is 479 cm³/mol. The maximum Gasteiger partial charge on any atom is 2.00 e. The number of rotatable bonds is 1. The van der Waals surface area contributed by atoms with Gasteiger partial charge in [-0.1, -0.05) is 117 Å². The van der Waals surface area contributed by atoms with Gasteiger partial charge in [0.15, 0.2) is 0 Å². The van der Waals surface area contributed by atoms with E-state index in [0.29, 0.717) is 45.9 Å². The quantitative estimate of drug-likeness (QED) is 0.117. The molecule has 1 radical (unpaired) electrons. The summed E-state index contributed by atoms with van der Waals surface area (Å²) >= 11 is 0. The molecule has 1 saturated heterocycles. The number of aromatic nitrogens is 8. The molecule has 117 heavy (non-hydrogen) atoms. The third kappa shape index (κ3) is 4.00. The van der Waals surface area contributed by atoms with Crippen LogP contribution in [0.5, 0.6) is 0 Å². The Balaban J connectivity index is 0.00000594. The molecule has 0 N–H and O–H groups in total. The SMILES string of the molecule is CN1CC23c4c5c6c7c8c9c(c%10c%11c2c2c%12c4c4c%13c5c5c7c7c8c8c%14c9c%10c9c%10c%11c2c2c%11c%12c4c4c%12c%13c5c5c7c7c8c8c%14c9c9c%10c2c2c%11c4c4c%12c5c7c5c8c9c2c45)C63C1c1ccc2c(c1)-c1nc-2nc2[n-]c(nc3nc(nc4[n-]c(n1)c1ccc(C(C)(C)C)cc41)-c1cccc(C(C)(C)C)c1-3)c1ccc(C(C)(C)C)cc21.[Cu+2]. The number of likely N-dealkylation sites (tertiary alicyclic amines) is 1. The van der Waals surface area contributed by atoms with E-state index in [1.165, 1.54) is 16.7 Å². The van der Waals surface area contributed by atoms with E-state index in [9.17, 15) is 0 Å². The molecular weight excluding hydrogens is 1470 g/mol. The molecule has 42 rings (SSSR count). The summed E-state index contributed by atoms with van der Waals surface area (Å²) in [7, 11) is 2.57. The fourth-order valence-corrected chi connectivity index (χ4v) is 33.0. The Kier molecular flexibility index (Phi) is 6.44. The molecule has 3 aromatic heterocycles. The topological polar surface area (TPSA) is 109 Å². The van der Waals surface area contributed by atoms with Gasteiger partial charge in [-0.15, -0.1) is 0 Å². The third-order valence-corrected chi connectivity index (χ3v) is 35.5. The van der Waals surface area contributed by atoms with Crippen molar-refractivity contribution in [1.82, 2.24) is 44.8 Å². The molecule has 529 valence electrons. The van der Waals surface area contributed by atoms with Crippen molar-refractivity contribution < 1.29 is 17.1 Å². The minimum Gasteiger partial charge on any atom is -0.357 e. The summed E-state index contributed by atoms with van der Waals surface area (Å²) in [5, 5.41) is 90.9. The van der Waals surface area contributed by atoms with Gasteiger partial charge >= 0.3 is 17.1 Å². The fraction of sp³-hybridized carbons (Fsp3) is 0.159. The van der Waals surface area contributed by atoms with Crippen molar-refractivity contribution in [2.24, 2.45) is 0 Å². The van der Waals surface area contributed by atoms with Crippen LogP contribution >= 0.6 is 0 Å². The first kappa shape index (κ1) is 54.1. The molecule has 35 aromatic rings. The maximum atomic E-state index is 5.92. The Morgan fingerprint density at radius 2 is 0.598 bits per heavy atom. The normalized spacial score (nSPS) is 19.7. The summed E-state index contributed by atoms with van der Waals surface area (Å²) in [4.78, 5) is 48.4. The monoisotopic (exact) mass is 1520 g/mol. The molecule has 0 saturated carbocycles. The fourth-order valence-electron chi connectivity index (χ4n) is 33.0. The van der Waals surface area contributed by atoms with Crippen LogP contribution < -0.4 is 9.97 Å². The summed E-state index contributed by atoms with van der Waals surface area (Å²) in [6.45, 7) is 21.4. The van der Waals surface area contributed by atoms with Crippen molar-refractivity contribution >= 4 is 335 Å². The van der Waals surface area contributed by atoms with Crippen LogP contribution in [0.1, 0.15) is 113 Å². The zero-order valence-corrected chi connectivity index (χ0v) is 65.0. The van der Waals surface area contributed by atoms with Gasteiger partial charge in [-0.25, -0.2) is 9.97 Å². The Hall–Kier alpha value is -12.8. The van der Waals surface area contributed by atoms with Gasteiger partial charge in [0.25, 0.3) is 0 Å². The molecule has 3 aliphatic heterocycles. The zero-order chi connectivity index (χ0) is 73.5. The van der Waals surface area contributed by atoms with E-state index >= 15 is 0 Å². The van der Waals surface area contributed by atoms with E-state index in [-0.39, 0.29) is 39.4 Å². The Morgan fingerprint density at radius 3 is 1.00 bits per heavy atom. The Labute approximate surface area is 663 Å². The van der Waals surface area contributed by atoms with Crippen molar-refractivity contribution in [3.63, 3.8) is 0 Å². The second-order valence-corrected chi connectivity index (χ2v) is 42.1. The van der Waals surface area contributed by atoms with Gasteiger partial charge in [-0.05, 0) is 398 Å². The van der Waals surface area contributed by atoms with Crippen molar-refractivity contribution in [1.29, 1.82) is 0 Å². The Morgan fingerprint density at radius 1 is 0.291 bits per heavy atom. The largest absolute Gasteiger partial charge is 2.00 e. The smallest absolute Gasteiger partial charge is 0.357 e. The molecule has 8 bridgehead atoms. The predicted octanol–water partition coefficient (Wildman–Crippen LogP) is 26.3. The molecule has 4 aliphatic carbocycles. The third-order valence-electron chi connectivity index (χ3n) is 35.5. The van der Waals surface area contributed by atoms with Crippen LogP contribution in [0.25, 0.3) is 381 Å². The van der Waals surface area contributed by atoms with E-state index in [1.807, 2.05) is 0 Å². The first-order valence-electron chi connectivity index (χ1n) is 42.2. The molecule has 0 amide bonds. The van der Waals surface area contributed by atoms with Crippen LogP contribution in [-0.2, 0) is 44.1 Å². The second kappa shape index (κ2) is 13.9. The summed E-state index contributed by atoms with van der Waals surface area (Å²) in [5.41, 5.74) is 16.0. The maximum absolute atomic E-state index is 5.92. The van der Waals surface area contributed by atoms with Crippen LogP contribution in [0.15, 0.2) is 72.8 Å². The van der Waals surface area contributed by atoms with Crippen LogP contribution in [-0.4, -0.2) is 48.4 Å². The number of likely N-dealkylation sites (N-methyl/N-ethyl adjacent to an activating group) is 1. The van der Waals surface area contributed by atoms with E-state index in [0.717, 1.165) is 55.9 Å². The minimum absolute atomic E-state index is 0. The van der Waals surface area contributed by atoms with Gasteiger partial charge in [0.2, 0.25) is 0 Å². The van der Waals surface area contributed by atoms with E-state index < -0.39 is 10.8 Å². The molecule has 7 aliphatic rings. The number of hydrogen-bond acceptors (Lipinski definition) is 7. The van der Waals surface area contributed by atoms with Gasteiger partial charge in [0.1, 0.15) is 0 Å². The summed E-state index contributed by atoms with van der Waals surface area (Å²) in [6, 6.07) is 27.5. The van der Waals surface area contributed by atoms with Gasteiger partial charge in [0, 0.05) is 57.4 Å². The van der Waals surface area contributed by atoms with Gasteiger partial charge < -0.3 is 29.9 Å².